The van der Waals surface area contributed by atoms with Crippen LogP contribution in [0.4, 0.5) is 0 Å². The molecule has 0 aliphatic rings. The Balaban J connectivity index is 3.05. The molecule has 0 saturated heterocycles. The van der Waals surface area contributed by atoms with Gasteiger partial charge in [-0.2, -0.15) is 0 Å². The van der Waals surface area contributed by atoms with Crippen LogP contribution in [-0.4, -0.2) is 31.4 Å². The molecule has 0 aromatic heterocycles. The minimum absolute atomic E-state index is 0.0113. The van der Waals surface area contributed by atoms with E-state index in [-0.39, 0.29) is 5.12 Å². The van der Waals surface area contributed by atoms with Crippen molar-refractivity contribution < 1.29 is 19.1 Å². The Kier molecular flexibility index (Phi) is 5.97. The summed E-state index contributed by atoms with van der Waals surface area (Å²) in [6.45, 7) is 1.49. The van der Waals surface area contributed by atoms with Crippen molar-refractivity contribution in [3.05, 3.63) is 23.3 Å². The van der Waals surface area contributed by atoms with Crippen molar-refractivity contribution in [2.45, 2.75) is 6.92 Å². The van der Waals surface area contributed by atoms with Crippen molar-refractivity contribution in [3.8, 4) is 23.3 Å². The van der Waals surface area contributed by atoms with Gasteiger partial charge in [-0.15, -0.1) is 0 Å². The topological polar surface area (TPSA) is 52.6 Å². The number of hydrogen-bond acceptors (Lipinski definition) is 5. The second-order valence-electron chi connectivity index (χ2n) is 3.49. The molecule has 0 atom stereocenters. The molecule has 100 valence electrons. The third-order valence-corrected chi connectivity index (χ3v) is 2.95. The number of carbonyl (C=O) groups is 2. The summed E-state index contributed by atoms with van der Waals surface area (Å²) >= 11 is 1.12. The number of ether oxygens (including phenoxy) is 2. The highest BCUT2D eigenvalue weighted by atomic mass is 32.2. The fourth-order valence-corrected chi connectivity index (χ4v) is 1.72. The summed E-state index contributed by atoms with van der Waals surface area (Å²) in [5.41, 5.74) is 0.981. The number of thioether (sulfide) groups is 1. The Labute approximate surface area is 116 Å². The zero-order chi connectivity index (χ0) is 14.3. The van der Waals surface area contributed by atoms with Crippen molar-refractivity contribution in [3.63, 3.8) is 0 Å². The van der Waals surface area contributed by atoms with Crippen LogP contribution in [0.3, 0.4) is 0 Å². The van der Waals surface area contributed by atoms with E-state index in [1.807, 2.05) is 0 Å². The number of carbonyl (C=O) groups excluding carboxylic acids is 2. The zero-order valence-corrected chi connectivity index (χ0v) is 11.8. The van der Waals surface area contributed by atoms with E-state index in [1.165, 1.54) is 21.1 Å². The average molecular weight is 278 g/mol. The van der Waals surface area contributed by atoms with Gasteiger partial charge in [0.15, 0.2) is 22.9 Å². The molecule has 1 aromatic rings. The van der Waals surface area contributed by atoms with E-state index in [0.717, 1.165) is 11.8 Å². The van der Waals surface area contributed by atoms with Crippen LogP contribution in [0.1, 0.15) is 22.8 Å². The molecule has 1 aromatic carbocycles. The molecule has 5 heteroatoms. The molecule has 4 nitrogen and oxygen atoms in total. The van der Waals surface area contributed by atoms with Crippen LogP contribution in [0.2, 0.25) is 0 Å². The molecular formula is C14H14O4S. The first-order valence-electron chi connectivity index (χ1n) is 5.45. The van der Waals surface area contributed by atoms with E-state index in [9.17, 15) is 9.59 Å². The first-order chi connectivity index (χ1) is 9.12. The van der Waals surface area contributed by atoms with E-state index < -0.39 is 0 Å². The van der Waals surface area contributed by atoms with Crippen molar-refractivity contribution in [1.82, 2.24) is 0 Å². The van der Waals surface area contributed by atoms with E-state index in [1.54, 1.807) is 12.1 Å². The summed E-state index contributed by atoms with van der Waals surface area (Å²) in [6, 6.07) is 3.22. The van der Waals surface area contributed by atoms with Crippen molar-refractivity contribution in [2.24, 2.45) is 0 Å². The van der Waals surface area contributed by atoms with Gasteiger partial charge in [0.2, 0.25) is 0 Å². The van der Waals surface area contributed by atoms with Crippen LogP contribution in [0.25, 0.3) is 0 Å². The molecule has 0 spiro atoms. The predicted molar refractivity (Wildman–Crippen MR) is 75.0 cm³/mol. The average Bonchev–Trinajstić information content (AvgIpc) is 2.42. The molecule has 0 radical (unpaired) electrons. The summed E-state index contributed by atoms with van der Waals surface area (Å²) in [5, 5.41) is 0.0113. The Morgan fingerprint density at radius 3 is 2.47 bits per heavy atom. The van der Waals surface area contributed by atoms with Crippen LogP contribution in [0.5, 0.6) is 11.5 Å². The van der Waals surface area contributed by atoms with Gasteiger partial charge in [0.1, 0.15) is 0 Å². The molecule has 0 bridgehead atoms. The van der Waals surface area contributed by atoms with Gasteiger partial charge >= 0.3 is 0 Å². The molecule has 0 fully saturated rings. The minimum atomic E-state index is 0.0113. The maximum Gasteiger partial charge on any atom is 0.186 e. The number of rotatable bonds is 4. The fraction of sp³-hybridized carbons (Fsp3) is 0.286. The van der Waals surface area contributed by atoms with Gasteiger partial charge in [0.05, 0.1) is 20.0 Å². The molecule has 0 aliphatic heterocycles. The third kappa shape index (κ3) is 4.34. The normalized spacial score (nSPS) is 9.21. The lowest BCUT2D eigenvalue weighted by Crippen LogP contribution is -1.95. The number of methoxy groups -OCH3 is 2. The van der Waals surface area contributed by atoms with Crippen molar-refractivity contribution in [2.75, 3.05) is 20.0 Å². The molecule has 0 amide bonds. The standard InChI is InChI=1S/C14H14O4S/c1-10(16)19-6-4-5-11-7-13(17-2)14(18-3)8-12(11)9-15/h7-9H,6H2,1-3H3. The van der Waals surface area contributed by atoms with Gasteiger partial charge in [-0.25, -0.2) is 0 Å². The summed E-state index contributed by atoms with van der Waals surface area (Å²) in [6.07, 6.45) is 0.712. The summed E-state index contributed by atoms with van der Waals surface area (Å²) in [4.78, 5) is 21.8. The predicted octanol–water partition coefficient (Wildman–Crippen LogP) is 2.15. The maximum absolute atomic E-state index is 11.0. The first-order valence-corrected chi connectivity index (χ1v) is 6.44. The molecule has 0 unspecified atom stereocenters. The van der Waals surface area contributed by atoms with Crippen LogP contribution in [-0.2, 0) is 4.79 Å². The Bertz CT molecular complexity index is 540. The molecule has 19 heavy (non-hydrogen) atoms. The number of aldehydes is 1. The van der Waals surface area contributed by atoms with E-state index in [2.05, 4.69) is 11.8 Å². The maximum atomic E-state index is 11.0. The van der Waals surface area contributed by atoms with Gasteiger partial charge in [0.25, 0.3) is 0 Å². The van der Waals surface area contributed by atoms with Gasteiger partial charge < -0.3 is 9.47 Å². The molecule has 0 saturated carbocycles. The Morgan fingerprint density at radius 2 is 1.95 bits per heavy atom. The van der Waals surface area contributed by atoms with E-state index in [4.69, 9.17) is 9.47 Å². The quantitative estimate of drug-likeness (QED) is 0.624. The second kappa shape index (κ2) is 7.49. The molecular weight excluding hydrogens is 264 g/mol. The second-order valence-corrected chi connectivity index (χ2v) is 4.65. The van der Waals surface area contributed by atoms with Crippen LogP contribution < -0.4 is 9.47 Å². The number of benzene rings is 1. The van der Waals surface area contributed by atoms with Crippen molar-refractivity contribution >= 4 is 23.2 Å². The van der Waals surface area contributed by atoms with Gasteiger partial charge in [-0.1, -0.05) is 23.6 Å². The summed E-state index contributed by atoms with van der Waals surface area (Å²) in [7, 11) is 3.02. The zero-order valence-electron chi connectivity index (χ0n) is 11.0. The Morgan fingerprint density at radius 1 is 1.32 bits per heavy atom. The highest BCUT2D eigenvalue weighted by Crippen LogP contribution is 2.29. The smallest absolute Gasteiger partial charge is 0.186 e. The number of hydrogen-bond donors (Lipinski definition) is 0. The van der Waals surface area contributed by atoms with Gasteiger partial charge in [-0.3, -0.25) is 9.59 Å². The van der Waals surface area contributed by atoms with E-state index >= 15 is 0 Å². The highest BCUT2D eigenvalue weighted by molar-refractivity contribution is 8.13. The SMILES string of the molecule is COc1cc(C#CCSC(C)=O)c(C=O)cc1OC. The lowest BCUT2D eigenvalue weighted by Gasteiger charge is -2.09. The van der Waals surface area contributed by atoms with Gasteiger partial charge in [0, 0.05) is 24.1 Å². The largest absolute Gasteiger partial charge is 0.493 e. The minimum Gasteiger partial charge on any atom is -0.493 e. The Hall–Kier alpha value is -1.93. The third-order valence-electron chi connectivity index (χ3n) is 2.25. The summed E-state index contributed by atoms with van der Waals surface area (Å²) < 4.78 is 10.3. The molecule has 1 rings (SSSR count). The van der Waals surface area contributed by atoms with Crippen LogP contribution >= 0.6 is 11.8 Å². The monoisotopic (exact) mass is 278 g/mol. The first kappa shape index (κ1) is 15.1. The molecule has 0 N–H and O–H groups in total. The molecule has 0 heterocycles. The van der Waals surface area contributed by atoms with Crippen LogP contribution in [0.15, 0.2) is 12.1 Å². The van der Waals surface area contributed by atoms with Crippen molar-refractivity contribution in [1.29, 1.82) is 0 Å². The van der Waals surface area contributed by atoms with Crippen LogP contribution in [0, 0.1) is 11.8 Å². The van der Waals surface area contributed by atoms with E-state index in [0.29, 0.717) is 34.7 Å². The fourth-order valence-electron chi connectivity index (χ4n) is 1.37. The highest BCUT2D eigenvalue weighted by Gasteiger charge is 2.09. The molecule has 0 aliphatic carbocycles. The van der Waals surface area contributed by atoms with Gasteiger partial charge in [-0.05, 0) is 6.07 Å². The lowest BCUT2D eigenvalue weighted by molar-refractivity contribution is -0.109. The summed E-state index contributed by atoms with van der Waals surface area (Å²) in [5.74, 6) is 7.07. The lowest BCUT2D eigenvalue weighted by atomic mass is 10.1.